The first-order valence-electron chi connectivity index (χ1n) is 5.96. The molecule has 0 radical (unpaired) electrons. The summed E-state index contributed by atoms with van der Waals surface area (Å²) < 4.78 is 5.70. The van der Waals surface area contributed by atoms with Crippen LogP contribution in [0.3, 0.4) is 0 Å². The number of hydrogen-bond acceptors (Lipinski definition) is 3. The van der Waals surface area contributed by atoms with E-state index in [0.29, 0.717) is 0 Å². The Morgan fingerprint density at radius 2 is 2.35 bits per heavy atom. The lowest BCUT2D eigenvalue weighted by Gasteiger charge is -2.30. The highest BCUT2D eigenvalue weighted by atomic mass is 35.5. The lowest BCUT2D eigenvalue weighted by atomic mass is 10.2. The van der Waals surface area contributed by atoms with E-state index in [4.69, 9.17) is 16.3 Å². The predicted octanol–water partition coefficient (Wildman–Crippen LogP) is 2.39. The first-order valence-corrected chi connectivity index (χ1v) is 6.34. The maximum atomic E-state index is 6.08. The third kappa shape index (κ3) is 3.35. The van der Waals surface area contributed by atoms with Gasteiger partial charge in [0.25, 0.3) is 0 Å². The van der Waals surface area contributed by atoms with Crippen molar-refractivity contribution in [1.82, 2.24) is 4.90 Å². The second kappa shape index (κ2) is 5.71. The zero-order chi connectivity index (χ0) is 12.3. The van der Waals surface area contributed by atoms with E-state index >= 15 is 0 Å². The van der Waals surface area contributed by atoms with E-state index in [2.05, 4.69) is 17.3 Å². The summed E-state index contributed by atoms with van der Waals surface area (Å²) in [5.74, 6) is 0. The van der Waals surface area contributed by atoms with Crippen molar-refractivity contribution < 1.29 is 4.74 Å². The summed E-state index contributed by atoms with van der Waals surface area (Å²) in [4.78, 5) is 2.29. The number of benzene rings is 1. The Balaban J connectivity index is 1.91. The quantitative estimate of drug-likeness (QED) is 0.897. The minimum Gasteiger partial charge on any atom is -0.382 e. The van der Waals surface area contributed by atoms with Gasteiger partial charge in [-0.2, -0.15) is 0 Å². The van der Waals surface area contributed by atoms with E-state index in [0.717, 1.165) is 42.5 Å². The van der Waals surface area contributed by atoms with E-state index in [-0.39, 0.29) is 6.10 Å². The second-order valence-corrected chi connectivity index (χ2v) is 4.96. The number of nitrogens with zero attached hydrogens (tertiary/aromatic N) is 1. The molecule has 0 aromatic heterocycles. The lowest BCUT2D eigenvalue weighted by molar-refractivity contribution is -0.0117. The van der Waals surface area contributed by atoms with Crippen molar-refractivity contribution in [2.45, 2.75) is 13.0 Å². The van der Waals surface area contributed by atoms with Gasteiger partial charge in [0.15, 0.2) is 0 Å². The van der Waals surface area contributed by atoms with Gasteiger partial charge in [-0.3, -0.25) is 0 Å². The van der Waals surface area contributed by atoms with Crippen LogP contribution in [0, 0.1) is 6.92 Å². The molecule has 0 amide bonds. The molecule has 1 fully saturated rings. The lowest BCUT2D eigenvalue weighted by Crippen LogP contribution is -2.43. The molecular formula is C13H19ClN2O. The van der Waals surface area contributed by atoms with Crippen molar-refractivity contribution in [3.63, 3.8) is 0 Å². The normalized spacial score (nSPS) is 21.5. The van der Waals surface area contributed by atoms with Gasteiger partial charge < -0.3 is 15.0 Å². The third-order valence-electron chi connectivity index (χ3n) is 3.13. The SMILES string of the molecule is Cc1c(Cl)cccc1NCC1CN(C)CCO1. The van der Waals surface area contributed by atoms with E-state index in [9.17, 15) is 0 Å². The molecule has 1 heterocycles. The van der Waals surface area contributed by atoms with Gasteiger partial charge in [-0.1, -0.05) is 17.7 Å². The predicted molar refractivity (Wildman–Crippen MR) is 71.9 cm³/mol. The largest absolute Gasteiger partial charge is 0.382 e. The molecule has 0 saturated carbocycles. The van der Waals surface area contributed by atoms with Gasteiger partial charge in [0.1, 0.15) is 0 Å². The molecule has 1 aromatic rings. The summed E-state index contributed by atoms with van der Waals surface area (Å²) in [5, 5.41) is 4.21. The van der Waals surface area contributed by atoms with Crippen LogP contribution in [-0.4, -0.2) is 44.3 Å². The number of hydrogen-bond donors (Lipinski definition) is 1. The van der Waals surface area contributed by atoms with Crippen LogP contribution in [0.15, 0.2) is 18.2 Å². The Labute approximate surface area is 108 Å². The Bertz CT molecular complexity index is 384. The monoisotopic (exact) mass is 254 g/mol. The summed E-state index contributed by atoms with van der Waals surface area (Å²) in [6, 6.07) is 5.92. The molecule has 1 aliphatic heterocycles. The molecule has 0 bridgehead atoms. The summed E-state index contributed by atoms with van der Waals surface area (Å²) >= 11 is 6.08. The van der Waals surface area contributed by atoms with Gasteiger partial charge >= 0.3 is 0 Å². The van der Waals surface area contributed by atoms with E-state index in [1.807, 2.05) is 25.1 Å². The second-order valence-electron chi connectivity index (χ2n) is 4.55. The zero-order valence-electron chi connectivity index (χ0n) is 10.4. The Morgan fingerprint density at radius 3 is 3.12 bits per heavy atom. The van der Waals surface area contributed by atoms with Crippen molar-refractivity contribution in [1.29, 1.82) is 0 Å². The van der Waals surface area contributed by atoms with Gasteiger partial charge in [0.2, 0.25) is 0 Å². The van der Waals surface area contributed by atoms with Crippen molar-refractivity contribution in [3.05, 3.63) is 28.8 Å². The molecule has 2 rings (SSSR count). The standard InChI is InChI=1S/C13H19ClN2O/c1-10-12(14)4-3-5-13(10)15-8-11-9-16(2)6-7-17-11/h3-5,11,15H,6-9H2,1-2H3. The highest BCUT2D eigenvalue weighted by molar-refractivity contribution is 6.31. The van der Waals surface area contributed by atoms with Crippen LogP contribution >= 0.6 is 11.6 Å². The molecule has 4 heteroatoms. The van der Waals surface area contributed by atoms with Gasteiger partial charge in [0.05, 0.1) is 12.7 Å². The minimum atomic E-state index is 0.257. The molecule has 3 nitrogen and oxygen atoms in total. The van der Waals surface area contributed by atoms with E-state index < -0.39 is 0 Å². The fraction of sp³-hybridized carbons (Fsp3) is 0.538. The fourth-order valence-corrected chi connectivity index (χ4v) is 2.19. The number of likely N-dealkylation sites (N-methyl/N-ethyl adjacent to an activating group) is 1. The maximum Gasteiger partial charge on any atom is 0.0874 e. The van der Waals surface area contributed by atoms with Crippen LogP contribution in [-0.2, 0) is 4.74 Å². The van der Waals surface area contributed by atoms with Crippen molar-refractivity contribution in [2.75, 3.05) is 38.6 Å². The first-order chi connectivity index (χ1) is 8.16. The van der Waals surface area contributed by atoms with E-state index in [1.165, 1.54) is 0 Å². The van der Waals surface area contributed by atoms with Crippen molar-refractivity contribution in [3.8, 4) is 0 Å². The zero-order valence-corrected chi connectivity index (χ0v) is 11.1. The number of halogens is 1. The molecule has 1 aliphatic rings. The summed E-state index contributed by atoms with van der Waals surface area (Å²) in [5.41, 5.74) is 2.19. The summed E-state index contributed by atoms with van der Waals surface area (Å²) in [6.07, 6.45) is 0.257. The van der Waals surface area contributed by atoms with Crippen molar-refractivity contribution in [2.24, 2.45) is 0 Å². The first kappa shape index (κ1) is 12.7. The van der Waals surface area contributed by atoms with Crippen LogP contribution in [0.1, 0.15) is 5.56 Å². The summed E-state index contributed by atoms with van der Waals surface area (Å²) in [6.45, 7) is 5.67. The molecule has 1 atom stereocenters. The average Bonchev–Trinajstić information content (AvgIpc) is 2.31. The highest BCUT2D eigenvalue weighted by Gasteiger charge is 2.17. The summed E-state index contributed by atoms with van der Waals surface area (Å²) in [7, 11) is 2.13. The molecule has 1 unspecified atom stereocenters. The third-order valence-corrected chi connectivity index (χ3v) is 3.54. The van der Waals surface area contributed by atoms with Crippen LogP contribution < -0.4 is 5.32 Å². The van der Waals surface area contributed by atoms with Crippen LogP contribution in [0.5, 0.6) is 0 Å². The Kier molecular flexibility index (Phi) is 4.26. The molecule has 94 valence electrons. The smallest absolute Gasteiger partial charge is 0.0874 e. The molecule has 1 aromatic carbocycles. The molecule has 17 heavy (non-hydrogen) atoms. The Hall–Kier alpha value is -0.770. The van der Waals surface area contributed by atoms with Crippen molar-refractivity contribution >= 4 is 17.3 Å². The molecule has 1 saturated heterocycles. The highest BCUT2D eigenvalue weighted by Crippen LogP contribution is 2.23. The van der Waals surface area contributed by atoms with Gasteiger partial charge in [0, 0.05) is 30.3 Å². The average molecular weight is 255 g/mol. The number of morpholine rings is 1. The molecule has 0 spiro atoms. The number of ether oxygens (including phenoxy) is 1. The maximum absolute atomic E-state index is 6.08. The van der Waals surface area contributed by atoms with Crippen LogP contribution in [0.4, 0.5) is 5.69 Å². The minimum absolute atomic E-state index is 0.257. The topological polar surface area (TPSA) is 24.5 Å². The molecule has 0 aliphatic carbocycles. The number of anilines is 1. The Morgan fingerprint density at radius 1 is 1.53 bits per heavy atom. The number of rotatable bonds is 3. The van der Waals surface area contributed by atoms with E-state index in [1.54, 1.807) is 0 Å². The van der Waals surface area contributed by atoms with Gasteiger partial charge in [-0.15, -0.1) is 0 Å². The fourth-order valence-electron chi connectivity index (χ4n) is 2.01. The van der Waals surface area contributed by atoms with Gasteiger partial charge in [-0.05, 0) is 31.7 Å². The molecular weight excluding hydrogens is 236 g/mol. The molecule has 1 N–H and O–H groups in total. The van der Waals surface area contributed by atoms with Gasteiger partial charge in [-0.25, -0.2) is 0 Å². The van der Waals surface area contributed by atoms with Crippen LogP contribution in [0.2, 0.25) is 5.02 Å². The van der Waals surface area contributed by atoms with Crippen LogP contribution in [0.25, 0.3) is 0 Å². The number of nitrogens with one attached hydrogen (secondary N) is 1.